The van der Waals surface area contributed by atoms with Gasteiger partial charge in [-0.3, -0.25) is 9.59 Å². The summed E-state index contributed by atoms with van der Waals surface area (Å²) in [5, 5.41) is 0. The topological polar surface area (TPSA) is 75.6 Å². The number of hydrogen-bond donors (Lipinski definition) is 0. The van der Waals surface area contributed by atoms with Crippen LogP contribution in [0.2, 0.25) is 0 Å². The Balaban J connectivity index is 1.69. The Morgan fingerprint density at radius 2 is 1.80 bits per heavy atom. The standard InChI is InChI=1S/C18H20N4O3/c1-13-6-7-19-18(20-13)25-16-5-3-4-15(12-16)17(24)22-10-8-21(9-11-22)14(2)23/h3-7,12H,8-11H2,1-2H3. The van der Waals surface area contributed by atoms with Crippen LogP contribution in [-0.2, 0) is 4.79 Å². The number of benzene rings is 1. The maximum absolute atomic E-state index is 12.7. The number of carbonyl (C=O) groups is 2. The highest BCUT2D eigenvalue weighted by Gasteiger charge is 2.23. The normalized spacial score (nSPS) is 14.3. The Kier molecular flexibility index (Phi) is 4.92. The summed E-state index contributed by atoms with van der Waals surface area (Å²) in [5.74, 6) is 0.485. The summed E-state index contributed by atoms with van der Waals surface area (Å²) in [6.07, 6.45) is 1.63. The van der Waals surface area contributed by atoms with Crippen molar-refractivity contribution in [2.24, 2.45) is 0 Å². The third-order valence-corrected chi connectivity index (χ3v) is 4.08. The van der Waals surface area contributed by atoms with Gasteiger partial charge in [0.25, 0.3) is 5.91 Å². The molecule has 25 heavy (non-hydrogen) atoms. The smallest absolute Gasteiger partial charge is 0.322 e. The second kappa shape index (κ2) is 7.29. The van der Waals surface area contributed by atoms with Gasteiger partial charge in [0.05, 0.1) is 0 Å². The van der Waals surface area contributed by atoms with Crippen LogP contribution in [0.25, 0.3) is 0 Å². The summed E-state index contributed by atoms with van der Waals surface area (Å²) in [7, 11) is 0. The van der Waals surface area contributed by atoms with Crippen LogP contribution < -0.4 is 4.74 Å². The second-order valence-electron chi connectivity index (χ2n) is 5.91. The van der Waals surface area contributed by atoms with Crippen LogP contribution in [0.1, 0.15) is 23.0 Å². The molecule has 0 spiro atoms. The van der Waals surface area contributed by atoms with E-state index in [-0.39, 0.29) is 17.8 Å². The van der Waals surface area contributed by atoms with E-state index in [1.54, 1.807) is 53.3 Å². The van der Waals surface area contributed by atoms with Gasteiger partial charge in [-0.05, 0) is 31.2 Å². The minimum atomic E-state index is -0.0705. The van der Waals surface area contributed by atoms with Crippen molar-refractivity contribution in [1.82, 2.24) is 19.8 Å². The Morgan fingerprint density at radius 3 is 2.48 bits per heavy atom. The van der Waals surface area contributed by atoms with E-state index < -0.39 is 0 Å². The van der Waals surface area contributed by atoms with Crippen LogP contribution in [-0.4, -0.2) is 57.8 Å². The van der Waals surface area contributed by atoms with Crippen molar-refractivity contribution in [2.45, 2.75) is 13.8 Å². The lowest BCUT2D eigenvalue weighted by Gasteiger charge is -2.34. The van der Waals surface area contributed by atoms with Gasteiger partial charge in [0.2, 0.25) is 5.91 Å². The zero-order valence-corrected chi connectivity index (χ0v) is 14.3. The summed E-state index contributed by atoms with van der Waals surface area (Å²) in [6, 6.07) is 9.00. The van der Waals surface area contributed by atoms with E-state index in [0.29, 0.717) is 37.5 Å². The van der Waals surface area contributed by atoms with Crippen molar-refractivity contribution in [3.63, 3.8) is 0 Å². The number of aryl methyl sites for hydroxylation is 1. The first kappa shape index (κ1) is 16.9. The van der Waals surface area contributed by atoms with Crippen molar-refractivity contribution in [3.05, 3.63) is 47.8 Å². The van der Waals surface area contributed by atoms with Gasteiger partial charge < -0.3 is 14.5 Å². The minimum Gasteiger partial charge on any atom is -0.424 e. The Hall–Kier alpha value is -2.96. The fourth-order valence-electron chi connectivity index (χ4n) is 2.68. The van der Waals surface area contributed by atoms with Crippen LogP contribution in [0.4, 0.5) is 0 Å². The van der Waals surface area contributed by atoms with Crippen LogP contribution >= 0.6 is 0 Å². The first-order valence-corrected chi connectivity index (χ1v) is 8.15. The maximum atomic E-state index is 12.7. The Bertz CT molecular complexity index is 785. The van der Waals surface area contributed by atoms with E-state index in [0.717, 1.165) is 5.69 Å². The first-order valence-electron chi connectivity index (χ1n) is 8.15. The summed E-state index contributed by atoms with van der Waals surface area (Å²) in [4.78, 5) is 35.8. The lowest BCUT2D eigenvalue weighted by atomic mass is 10.1. The summed E-state index contributed by atoms with van der Waals surface area (Å²) in [6.45, 7) is 5.60. The summed E-state index contributed by atoms with van der Waals surface area (Å²) in [5.41, 5.74) is 1.35. The molecule has 7 nitrogen and oxygen atoms in total. The molecule has 1 aliphatic rings. The molecule has 0 unspecified atom stereocenters. The fourth-order valence-corrected chi connectivity index (χ4v) is 2.68. The van der Waals surface area contributed by atoms with Gasteiger partial charge in [-0.2, -0.15) is 0 Å². The van der Waals surface area contributed by atoms with Crippen LogP contribution in [0.5, 0.6) is 11.8 Å². The van der Waals surface area contributed by atoms with Crippen molar-refractivity contribution < 1.29 is 14.3 Å². The van der Waals surface area contributed by atoms with Gasteiger partial charge in [-0.15, -0.1) is 0 Å². The quantitative estimate of drug-likeness (QED) is 0.853. The Morgan fingerprint density at radius 1 is 1.08 bits per heavy atom. The molecule has 0 N–H and O–H groups in total. The summed E-state index contributed by atoms with van der Waals surface area (Å²) >= 11 is 0. The predicted octanol–water partition coefficient (Wildman–Crippen LogP) is 1.88. The average Bonchev–Trinajstić information content (AvgIpc) is 2.61. The van der Waals surface area contributed by atoms with Gasteiger partial charge >= 0.3 is 6.01 Å². The monoisotopic (exact) mass is 340 g/mol. The fraction of sp³-hybridized carbons (Fsp3) is 0.333. The molecule has 1 aromatic heterocycles. The van der Waals surface area contributed by atoms with E-state index >= 15 is 0 Å². The van der Waals surface area contributed by atoms with Crippen LogP contribution in [0.15, 0.2) is 36.5 Å². The van der Waals surface area contributed by atoms with Crippen LogP contribution in [0, 0.1) is 6.92 Å². The van der Waals surface area contributed by atoms with Gasteiger partial charge in [-0.25, -0.2) is 9.97 Å². The molecule has 1 aliphatic heterocycles. The number of amides is 2. The molecular weight excluding hydrogens is 320 g/mol. The SMILES string of the molecule is CC(=O)N1CCN(C(=O)c2cccc(Oc3nccc(C)n3)c2)CC1. The molecule has 2 heterocycles. The molecule has 3 rings (SSSR count). The second-order valence-corrected chi connectivity index (χ2v) is 5.91. The third kappa shape index (κ3) is 4.12. The number of aromatic nitrogens is 2. The predicted molar refractivity (Wildman–Crippen MR) is 91.4 cm³/mol. The average molecular weight is 340 g/mol. The molecule has 1 saturated heterocycles. The molecule has 130 valence electrons. The first-order chi connectivity index (χ1) is 12.0. The number of piperazine rings is 1. The molecule has 2 amide bonds. The number of carbonyl (C=O) groups excluding carboxylic acids is 2. The van der Waals surface area contributed by atoms with Gasteiger partial charge in [0.15, 0.2) is 0 Å². The lowest BCUT2D eigenvalue weighted by Crippen LogP contribution is -2.50. The number of nitrogens with zero attached hydrogens (tertiary/aromatic N) is 4. The van der Waals surface area contributed by atoms with Crippen molar-refractivity contribution in [1.29, 1.82) is 0 Å². The number of hydrogen-bond acceptors (Lipinski definition) is 5. The number of ether oxygens (including phenoxy) is 1. The highest BCUT2D eigenvalue weighted by atomic mass is 16.5. The zero-order valence-electron chi connectivity index (χ0n) is 14.3. The van der Waals surface area contributed by atoms with E-state index in [4.69, 9.17) is 4.74 Å². The maximum Gasteiger partial charge on any atom is 0.322 e. The molecule has 2 aromatic rings. The molecule has 0 saturated carbocycles. The molecule has 0 atom stereocenters. The van der Waals surface area contributed by atoms with E-state index in [1.807, 2.05) is 6.92 Å². The largest absolute Gasteiger partial charge is 0.424 e. The molecule has 0 radical (unpaired) electrons. The highest BCUT2D eigenvalue weighted by Crippen LogP contribution is 2.20. The molecule has 1 fully saturated rings. The third-order valence-electron chi connectivity index (χ3n) is 4.08. The zero-order chi connectivity index (χ0) is 17.8. The Labute approximate surface area is 146 Å². The minimum absolute atomic E-state index is 0.0423. The van der Waals surface area contributed by atoms with Crippen molar-refractivity contribution in [2.75, 3.05) is 26.2 Å². The van der Waals surface area contributed by atoms with Crippen molar-refractivity contribution >= 4 is 11.8 Å². The molecule has 0 bridgehead atoms. The van der Waals surface area contributed by atoms with Gasteiger partial charge in [0, 0.05) is 50.6 Å². The van der Waals surface area contributed by atoms with Crippen molar-refractivity contribution in [3.8, 4) is 11.8 Å². The number of rotatable bonds is 3. The van der Waals surface area contributed by atoms with E-state index in [9.17, 15) is 9.59 Å². The lowest BCUT2D eigenvalue weighted by molar-refractivity contribution is -0.130. The molecule has 7 heteroatoms. The van der Waals surface area contributed by atoms with Crippen LogP contribution in [0.3, 0.4) is 0 Å². The molecule has 1 aromatic carbocycles. The van der Waals surface area contributed by atoms with E-state index in [2.05, 4.69) is 9.97 Å². The van der Waals surface area contributed by atoms with Gasteiger partial charge in [0.1, 0.15) is 5.75 Å². The summed E-state index contributed by atoms with van der Waals surface area (Å²) < 4.78 is 5.64. The van der Waals surface area contributed by atoms with Gasteiger partial charge in [-0.1, -0.05) is 6.07 Å². The van der Waals surface area contributed by atoms with E-state index in [1.165, 1.54) is 0 Å². The molecular formula is C18H20N4O3. The molecule has 0 aliphatic carbocycles. The highest BCUT2D eigenvalue weighted by molar-refractivity contribution is 5.94.